The van der Waals surface area contributed by atoms with Crippen molar-refractivity contribution in [3.05, 3.63) is 0 Å². The third-order valence-electron chi connectivity index (χ3n) is 2.55. The van der Waals surface area contributed by atoms with Gasteiger partial charge in [-0.25, -0.2) is 4.39 Å². The second kappa shape index (κ2) is 5.92. The van der Waals surface area contributed by atoms with Gasteiger partial charge in [0.15, 0.2) is 0 Å². The van der Waals surface area contributed by atoms with Crippen molar-refractivity contribution in [2.24, 2.45) is 0 Å². The van der Waals surface area contributed by atoms with Crippen LogP contribution < -0.4 is 0 Å². The van der Waals surface area contributed by atoms with Gasteiger partial charge in [0.25, 0.3) is 0 Å². The van der Waals surface area contributed by atoms with E-state index >= 15 is 0 Å². The first-order valence-electron chi connectivity index (χ1n) is 4.74. The lowest BCUT2D eigenvalue weighted by Crippen LogP contribution is -2.37. The Balaban J connectivity index is 2.39. The molecule has 0 radical (unpaired) electrons. The number of halogens is 2. The molecule has 0 aromatic heterocycles. The molecule has 0 saturated carbocycles. The van der Waals surface area contributed by atoms with Gasteiger partial charge in [-0.3, -0.25) is 4.90 Å². The van der Waals surface area contributed by atoms with Crippen LogP contribution in [0, 0.1) is 0 Å². The van der Waals surface area contributed by atoms with Crippen LogP contribution in [0.25, 0.3) is 0 Å². The third kappa shape index (κ3) is 3.02. The molecule has 0 aliphatic carbocycles. The average molecular weight is 238 g/mol. The van der Waals surface area contributed by atoms with E-state index in [4.69, 9.17) is 0 Å². The summed E-state index contributed by atoms with van der Waals surface area (Å²) in [4.78, 5) is 2.28. The highest BCUT2D eigenvalue weighted by atomic mass is 79.9. The van der Waals surface area contributed by atoms with Crippen molar-refractivity contribution in [3.63, 3.8) is 0 Å². The number of rotatable bonds is 3. The fraction of sp³-hybridized carbons (Fsp3) is 1.00. The zero-order valence-electron chi connectivity index (χ0n) is 7.44. The maximum Gasteiger partial charge on any atom is 0.102 e. The molecule has 0 amide bonds. The molecule has 1 unspecified atom stereocenters. The van der Waals surface area contributed by atoms with Crippen LogP contribution in [0.4, 0.5) is 4.39 Å². The Morgan fingerprint density at radius 3 is 2.83 bits per heavy atom. The molecule has 0 spiro atoms. The van der Waals surface area contributed by atoms with Crippen LogP contribution in [-0.4, -0.2) is 36.0 Å². The second-order valence-electron chi connectivity index (χ2n) is 3.38. The van der Waals surface area contributed by atoms with Crippen molar-refractivity contribution in [3.8, 4) is 0 Å². The zero-order chi connectivity index (χ0) is 8.81. The van der Waals surface area contributed by atoms with Crippen molar-refractivity contribution >= 4 is 15.9 Å². The Morgan fingerprint density at radius 1 is 1.33 bits per heavy atom. The molecule has 1 nitrogen and oxygen atoms in total. The van der Waals surface area contributed by atoms with E-state index in [9.17, 15) is 4.39 Å². The van der Waals surface area contributed by atoms with Crippen LogP contribution in [0.15, 0.2) is 0 Å². The highest BCUT2D eigenvalue weighted by Crippen LogP contribution is 2.17. The lowest BCUT2D eigenvalue weighted by Gasteiger charge is -2.27. The molecule has 12 heavy (non-hydrogen) atoms. The predicted molar refractivity (Wildman–Crippen MR) is 53.6 cm³/mol. The first kappa shape index (κ1) is 10.5. The third-order valence-corrected chi connectivity index (χ3v) is 3.30. The van der Waals surface area contributed by atoms with Crippen molar-refractivity contribution < 1.29 is 4.39 Å². The number of nitrogens with zero attached hydrogens (tertiary/aromatic N) is 1. The van der Waals surface area contributed by atoms with Gasteiger partial charge in [-0.05, 0) is 19.4 Å². The van der Waals surface area contributed by atoms with Crippen molar-refractivity contribution in [2.45, 2.75) is 31.7 Å². The maximum atomic E-state index is 12.2. The normalized spacial score (nSPS) is 27.0. The standard InChI is InChI=1S/C9H17BrFN/c10-8-9-4-2-1-3-6-12(9)7-5-11/h9H,1-8H2. The quantitative estimate of drug-likeness (QED) is 0.683. The zero-order valence-corrected chi connectivity index (χ0v) is 9.02. The highest BCUT2D eigenvalue weighted by molar-refractivity contribution is 9.09. The second-order valence-corrected chi connectivity index (χ2v) is 4.03. The highest BCUT2D eigenvalue weighted by Gasteiger charge is 2.18. The first-order chi connectivity index (χ1) is 5.88. The summed E-state index contributed by atoms with van der Waals surface area (Å²) in [7, 11) is 0. The minimum atomic E-state index is -0.205. The summed E-state index contributed by atoms with van der Waals surface area (Å²) in [5.74, 6) is 0. The number of alkyl halides is 2. The van der Waals surface area contributed by atoms with E-state index in [0.717, 1.165) is 11.9 Å². The molecule has 0 aromatic rings. The first-order valence-corrected chi connectivity index (χ1v) is 5.86. The fourth-order valence-corrected chi connectivity index (χ4v) is 2.55. The van der Waals surface area contributed by atoms with E-state index in [-0.39, 0.29) is 6.67 Å². The summed E-state index contributed by atoms with van der Waals surface area (Å²) in [6.07, 6.45) is 5.08. The van der Waals surface area contributed by atoms with Crippen molar-refractivity contribution in [1.82, 2.24) is 4.90 Å². The minimum Gasteiger partial charge on any atom is -0.297 e. The smallest absolute Gasteiger partial charge is 0.102 e. The topological polar surface area (TPSA) is 3.24 Å². The summed E-state index contributed by atoms with van der Waals surface area (Å²) in [5, 5.41) is 0.993. The van der Waals surface area contributed by atoms with Crippen LogP contribution >= 0.6 is 15.9 Å². The molecule has 1 atom stereocenters. The van der Waals surface area contributed by atoms with E-state index in [1.165, 1.54) is 25.7 Å². The van der Waals surface area contributed by atoms with Crippen LogP contribution in [0.3, 0.4) is 0 Å². The van der Waals surface area contributed by atoms with Gasteiger partial charge in [0.05, 0.1) is 0 Å². The maximum absolute atomic E-state index is 12.2. The van der Waals surface area contributed by atoms with E-state index in [2.05, 4.69) is 20.8 Å². The van der Waals surface area contributed by atoms with Gasteiger partial charge in [-0.1, -0.05) is 28.8 Å². The van der Waals surface area contributed by atoms with Gasteiger partial charge in [0.2, 0.25) is 0 Å². The molecule has 0 bridgehead atoms. The molecular weight excluding hydrogens is 221 g/mol. The monoisotopic (exact) mass is 237 g/mol. The minimum absolute atomic E-state index is 0.205. The molecule has 0 aromatic carbocycles. The number of hydrogen-bond donors (Lipinski definition) is 0. The summed E-state index contributed by atoms with van der Waals surface area (Å²) in [5.41, 5.74) is 0. The van der Waals surface area contributed by atoms with Gasteiger partial charge in [-0.15, -0.1) is 0 Å². The molecule has 1 aliphatic heterocycles. The Morgan fingerprint density at radius 2 is 2.17 bits per heavy atom. The molecular formula is C9H17BrFN. The summed E-state index contributed by atoms with van der Waals surface area (Å²) < 4.78 is 12.2. The van der Waals surface area contributed by atoms with E-state index < -0.39 is 0 Å². The van der Waals surface area contributed by atoms with E-state index in [1.54, 1.807) is 0 Å². The van der Waals surface area contributed by atoms with E-state index in [0.29, 0.717) is 12.6 Å². The molecule has 1 rings (SSSR count). The molecule has 3 heteroatoms. The van der Waals surface area contributed by atoms with Gasteiger partial charge in [0.1, 0.15) is 6.67 Å². The molecule has 72 valence electrons. The lowest BCUT2D eigenvalue weighted by atomic mass is 10.1. The lowest BCUT2D eigenvalue weighted by molar-refractivity contribution is 0.200. The largest absolute Gasteiger partial charge is 0.297 e. The van der Waals surface area contributed by atoms with Gasteiger partial charge in [0, 0.05) is 17.9 Å². The number of hydrogen-bond acceptors (Lipinski definition) is 1. The molecule has 1 aliphatic rings. The molecule has 1 fully saturated rings. The summed E-state index contributed by atoms with van der Waals surface area (Å²) in [6.45, 7) is 1.50. The Hall–Kier alpha value is 0.370. The van der Waals surface area contributed by atoms with Gasteiger partial charge in [-0.2, -0.15) is 0 Å². The Labute approximate surface area is 82.4 Å². The Bertz CT molecular complexity index is 121. The van der Waals surface area contributed by atoms with Gasteiger partial charge >= 0.3 is 0 Å². The molecule has 0 N–H and O–H groups in total. The van der Waals surface area contributed by atoms with Crippen molar-refractivity contribution in [1.29, 1.82) is 0 Å². The fourth-order valence-electron chi connectivity index (χ4n) is 1.81. The van der Waals surface area contributed by atoms with Crippen LogP contribution in [0.1, 0.15) is 25.7 Å². The molecule has 1 heterocycles. The molecule has 1 saturated heterocycles. The van der Waals surface area contributed by atoms with Crippen molar-refractivity contribution in [2.75, 3.05) is 25.1 Å². The SMILES string of the molecule is FCCN1CCCCCC1CBr. The van der Waals surface area contributed by atoms with Gasteiger partial charge < -0.3 is 0 Å². The van der Waals surface area contributed by atoms with Crippen LogP contribution in [0.2, 0.25) is 0 Å². The van der Waals surface area contributed by atoms with Crippen LogP contribution in [-0.2, 0) is 0 Å². The number of likely N-dealkylation sites (tertiary alicyclic amines) is 1. The summed E-state index contributed by atoms with van der Waals surface area (Å²) in [6, 6.07) is 0.572. The van der Waals surface area contributed by atoms with E-state index in [1.807, 2.05) is 0 Å². The predicted octanol–water partition coefficient (Wildman–Crippen LogP) is 2.60. The van der Waals surface area contributed by atoms with Crippen LogP contribution in [0.5, 0.6) is 0 Å². The average Bonchev–Trinajstić information content (AvgIpc) is 2.30. The summed E-state index contributed by atoms with van der Waals surface area (Å²) >= 11 is 3.49. The Kier molecular flexibility index (Phi) is 5.16.